The Morgan fingerprint density at radius 1 is 1.08 bits per heavy atom. The summed E-state index contributed by atoms with van der Waals surface area (Å²) in [6.45, 7) is 4.74. The van der Waals surface area contributed by atoms with E-state index in [0.29, 0.717) is 0 Å². The summed E-state index contributed by atoms with van der Waals surface area (Å²) >= 11 is 0. The van der Waals surface area contributed by atoms with Crippen LogP contribution in [-0.2, 0) is 43.1 Å². The van der Waals surface area contributed by atoms with Crippen LogP contribution in [0.4, 0.5) is 0 Å². The lowest BCUT2D eigenvalue weighted by Gasteiger charge is -2.29. The van der Waals surface area contributed by atoms with Crippen molar-refractivity contribution >= 4 is 23.7 Å². The molecule has 0 N–H and O–H groups in total. The van der Waals surface area contributed by atoms with E-state index in [0.717, 1.165) is 5.23 Å². The first-order chi connectivity index (χ1) is 12.3. The van der Waals surface area contributed by atoms with Crippen LogP contribution in [0.2, 0.25) is 0 Å². The Morgan fingerprint density at radius 3 is 2.27 bits per heavy atom. The molecule has 2 aliphatic heterocycles. The Kier molecular flexibility index (Phi) is 6.32. The molecule has 2 saturated heterocycles. The van der Waals surface area contributed by atoms with Gasteiger partial charge in [-0.2, -0.15) is 0 Å². The fourth-order valence-electron chi connectivity index (χ4n) is 3.28. The van der Waals surface area contributed by atoms with Gasteiger partial charge in [0.2, 0.25) is 0 Å². The van der Waals surface area contributed by atoms with Crippen molar-refractivity contribution in [2.24, 2.45) is 5.92 Å². The number of carbonyl (C=O) groups is 4. The number of methoxy groups -OCH3 is 1. The third-order valence-corrected chi connectivity index (χ3v) is 4.35. The molecule has 10 nitrogen and oxygen atoms in total. The summed E-state index contributed by atoms with van der Waals surface area (Å²) in [4.78, 5) is 59.6. The second kappa shape index (κ2) is 8.11. The van der Waals surface area contributed by atoms with E-state index in [1.54, 1.807) is 13.8 Å². The highest BCUT2D eigenvalue weighted by atomic mass is 17.0. The van der Waals surface area contributed by atoms with Crippen LogP contribution in [0.15, 0.2) is 0 Å². The van der Waals surface area contributed by atoms with E-state index in [9.17, 15) is 19.2 Å². The quantitative estimate of drug-likeness (QED) is 0.443. The molecule has 2 fully saturated rings. The van der Waals surface area contributed by atoms with Gasteiger partial charge in [0.25, 0.3) is 0 Å². The van der Waals surface area contributed by atoms with Gasteiger partial charge in [-0.15, -0.1) is 0 Å². The molecule has 4 atom stereocenters. The number of nitrogens with zero attached hydrogens (tertiary/aromatic N) is 1. The van der Waals surface area contributed by atoms with Crippen molar-refractivity contribution in [2.75, 3.05) is 20.3 Å². The Bertz CT molecular complexity index is 592. The molecule has 0 aromatic rings. The summed E-state index contributed by atoms with van der Waals surface area (Å²) in [5, 5.41) is 0.807. The Morgan fingerprint density at radius 2 is 1.73 bits per heavy atom. The highest BCUT2D eigenvalue weighted by Crippen LogP contribution is 2.49. The monoisotopic (exact) mass is 373 g/mol. The molecular formula is C16H23NO9. The smallest absolute Gasteiger partial charge is 0.337 e. The molecule has 26 heavy (non-hydrogen) atoms. The van der Waals surface area contributed by atoms with Gasteiger partial charge in [0.05, 0.1) is 20.3 Å². The Labute approximate surface area is 150 Å². The SMILES string of the molecule is CCOC(=O)[C@H]1ON2O[C@@H](C(=O)OC)C[C@@]2(C(=O)OCC)[C@@H]1CC(C)=O. The molecule has 2 rings (SSSR count). The highest BCUT2D eigenvalue weighted by Gasteiger charge is 2.70. The lowest BCUT2D eigenvalue weighted by molar-refractivity contribution is -0.362. The van der Waals surface area contributed by atoms with Crippen molar-refractivity contribution in [2.45, 2.75) is 51.4 Å². The standard InChI is InChI=1S/C16H23NO9/c1-5-23-14(20)12-10(7-9(3)18)16(15(21)24-6-2)8-11(13(19)22-4)25-17(16)26-12/h10-12H,5-8H2,1-4H3/t10-,11-,12+,16+/m1/s1. The summed E-state index contributed by atoms with van der Waals surface area (Å²) in [5.74, 6) is -3.38. The summed E-state index contributed by atoms with van der Waals surface area (Å²) in [6.07, 6.45) is -2.69. The van der Waals surface area contributed by atoms with E-state index < -0.39 is 41.6 Å². The second-order valence-electron chi connectivity index (χ2n) is 6.01. The number of ketones is 1. The third-order valence-electron chi connectivity index (χ3n) is 4.35. The molecule has 0 aromatic heterocycles. The minimum absolute atomic E-state index is 0.0637. The molecule has 2 heterocycles. The van der Waals surface area contributed by atoms with Gasteiger partial charge in [-0.05, 0) is 26.0 Å². The summed E-state index contributed by atoms with van der Waals surface area (Å²) in [6, 6.07) is 0. The largest absolute Gasteiger partial charge is 0.467 e. The number of fused-ring (bicyclic) bond motifs is 1. The summed E-state index contributed by atoms with van der Waals surface area (Å²) in [7, 11) is 1.18. The highest BCUT2D eigenvalue weighted by molar-refractivity contribution is 5.89. The molecule has 0 bridgehead atoms. The van der Waals surface area contributed by atoms with Crippen molar-refractivity contribution in [3.8, 4) is 0 Å². The van der Waals surface area contributed by atoms with Crippen LogP contribution < -0.4 is 0 Å². The first kappa shape index (κ1) is 20.3. The van der Waals surface area contributed by atoms with Crippen molar-refractivity contribution in [1.29, 1.82) is 0 Å². The van der Waals surface area contributed by atoms with Gasteiger partial charge in [-0.25, -0.2) is 14.4 Å². The topological polar surface area (TPSA) is 118 Å². The predicted molar refractivity (Wildman–Crippen MR) is 83.0 cm³/mol. The Hall–Kier alpha value is -2.04. The Balaban J connectivity index is 2.44. The maximum atomic E-state index is 12.8. The van der Waals surface area contributed by atoms with Gasteiger partial charge in [-0.3, -0.25) is 9.68 Å². The normalized spacial score (nSPS) is 30.5. The zero-order valence-corrected chi connectivity index (χ0v) is 15.2. The molecule has 0 saturated carbocycles. The van der Waals surface area contributed by atoms with Crippen LogP contribution in [-0.4, -0.2) is 67.0 Å². The van der Waals surface area contributed by atoms with E-state index in [4.69, 9.17) is 19.1 Å². The first-order valence-electron chi connectivity index (χ1n) is 8.36. The van der Waals surface area contributed by atoms with Crippen molar-refractivity contribution in [1.82, 2.24) is 5.23 Å². The van der Waals surface area contributed by atoms with Crippen molar-refractivity contribution < 1.29 is 43.1 Å². The zero-order chi connectivity index (χ0) is 19.5. The maximum absolute atomic E-state index is 12.8. The second-order valence-corrected chi connectivity index (χ2v) is 6.01. The lowest BCUT2D eigenvalue weighted by Crippen LogP contribution is -2.52. The minimum atomic E-state index is -1.63. The summed E-state index contributed by atoms with van der Waals surface area (Å²) < 4.78 is 14.8. The molecule has 10 heteroatoms. The number of hydrogen-bond acceptors (Lipinski definition) is 10. The third kappa shape index (κ3) is 3.44. The van der Waals surface area contributed by atoms with E-state index in [1.165, 1.54) is 14.0 Å². The molecule has 0 aliphatic carbocycles. The molecule has 0 unspecified atom stereocenters. The fraction of sp³-hybridized carbons (Fsp3) is 0.750. The van der Waals surface area contributed by atoms with Crippen molar-refractivity contribution in [3.63, 3.8) is 0 Å². The number of carbonyl (C=O) groups excluding carboxylic acids is 4. The van der Waals surface area contributed by atoms with Gasteiger partial charge in [0.15, 0.2) is 17.7 Å². The van der Waals surface area contributed by atoms with E-state index in [1.807, 2.05) is 0 Å². The van der Waals surface area contributed by atoms with Crippen LogP contribution in [0.1, 0.15) is 33.6 Å². The number of rotatable bonds is 7. The van der Waals surface area contributed by atoms with Crippen LogP contribution in [0, 0.1) is 5.92 Å². The van der Waals surface area contributed by atoms with E-state index in [2.05, 4.69) is 4.74 Å². The van der Waals surface area contributed by atoms with Crippen LogP contribution in [0.3, 0.4) is 0 Å². The zero-order valence-electron chi connectivity index (χ0n) is 15.2. The van der Waals surface area contributed by atoms with Crippen LogP contribution in [0.5, 0.6) is 0 Å². The molecule has 0 amide bonds. The molecule has 0 aromatic carbocycles. The molecule has 2 aliphatic rings. The number of Topliss-reactive ketones (excluding diaryl/α,β-unsaturated/α-hetero) is 1. The summed E-state index contributed by atoms with van der Waals surface area (Å²) in [5.41, 5.74) is -1.63. The van der Waals surface area contributed by atoms with Gasteiger partial charge in [0.1, 0.15) is 5.78 Å². The molecule has 146 valence electrons. The fourth-order valence-corrected chi connectivity index (χ4v) is 3.28. The average molecular weight is 373 g/mol. The average Bonchev–Trinajstić information content (AvgIpc) is 3.10. The van der Waals surface area contributed by atoms with Crippen LogP contribution >= 0.6 is 0 Å². The van der Waals surface area contributed by atoms with Crippen molar-refractivity contribution in [3.05, 3.63) is 0 Å². The maximum Gasteiger partial charge on any atom is 0.337 e. The van der Waals surface area contributed by atoms with Gasteiger partial charge >= 0.3 is 17.9 Å². The molecule has 0 spiro atoms. The van der Waals surface area contributed by atoms with Gasteiger partial charge in [-0.1, -0.05) is 0 Å². The minimum Gasteiger partial charge on any atom is -0.467 e. The number of hydroxylamine groups is 2. The van der Waals surface area contributed by atoms with Crippen LogP contribution in [0.25, 0.3) is 0 Å². The van der Waals surface area contributed by atoms with Gasteiger partial charge in [0, 0.05) is 18.8 Å². The molecular weight excluding hydrogens is 350 g/mol. The molecule has 0 radical (unpaired) electrons. The number of ether oxygens (including phenoxy) is 3. The lowest BCUT2D eigenvalue weighted by atomic mass is 9.75. The predicted octanol–water partition coefficient (Wildman–Crippen LogP) is -0.0606. The van der Waals surface area contributed by atoms with Gasteiger partial charge < -0.3 is 19.0 Å². The number of hydrogen-bond donors (Lipinski definition) is 0. The first-order valence-corrected chi connectivity index (χ1v) is 8.36. The number of esters is 3. The van der Waals surface area contributed by atoms with E-state index >= 15 is 0 Å². The van der Waals surface area contributed by atoms with E-state index in [-0.39, 0.29) is 31.8 Å².